The van der Waals surface area contributed by atoms with Crippen molar-refractivity contribution in [3.8, 4) is 0 Å². The van der Waals surface area contributed by atoms with E-state index >= 15 is 0 Å². The molecule has 0 spiro atoms. The van der Waals surface area contributed by atoms with Crippen LogP contribution in [0.2, 0.25) is 0 Å². The first kappa shape index (κ1) is 35.0. The van der Waals surface area contributed by atoms with Crippen LogP contribution >= 0.6 is 0 Å². The second kappa shape index (κ2) is 18.3. The summed E-state index contributed by atoms with van der Waals surface area (Å²) >= 11 is 0. The summed E-state index contributed by atoms with van der Waals surface area (Å²) in [5, 5.41) is 6.86. The van der Waals surface area contributed by atoms with Crippen LogP contribution in [0.4, 0.5) is 0 Å². The van der Waals surface area contributed by atoms with Crippen molar-refractivity contribution in [3.63, 3.8) is 0 Å². The van der Waals surface area contributed by atoms with Crippen LogP contribution in [0.3, 0.4) is 0 Å². The van der Waals surface area contributed by atoms with Gasteiger partial charge in [0.15, 0.2) is 0 Å². The van der Waals surface area contributed by atoms with Crippen LogP contribution in [0, 0.1) is 11.8 Å². The Morgan fingerprint density at radius 1 is 0.643 bits per heavy atom. The Balaban J connectivity index is 1.54. The maximum atomic E-state index is 13.0. The molecular formula is C32H52N6O4. The summed E-state index contributed by atoms with van der Waals surface area (Å²) < 4.78 is 0. The number of carbonyl (C=O) groups excluding carboxylic acids is 4. The number of amides is 4. The lowest BCUT2D eigenvalue weighted by molar-refractivity contribution is -0.132. The topological polar surface area (TPSA) is 151 Å². The molecule has 0 radical (unpaired) electrons. The minimum Gasteiger partial charge on any atom is -0.366 e. The van der Waals surface area contributed by atoms with Gasteiger partial charge in [0.25, 0.3) is 0 Å². The van der Waals surface area contributed by atoms with E-state index in [-0.39, 0.29) is 35.7 Å². The molecule has 2 atom stereocenters. The van der Waals surface area contributed by atoms with Gasteiger partial charge in [0, 0.05) is 36.6 Å². The van der Waals surface area contributed by atoms with E-state index in [0.717, 1.165) is 38.8 Å². The molecule has 0 saturated carbocycles. The third kappa shape index (κ3) is 11.6. The molecule has 0 aromatic heterocycles. The molecule has 2 aliphatic heterocycles. The standard InChI is InChI=1S/C32H52N6O4/c1-23(2)27(31(41)37-19-13-25(14-20-37)29(33)39)35-17-11-9-7-5-6-8-10-12-18-36-28(24(3)4)32(42)38-21-15-26(16-22-38)30(34)40/h13-16,19,21,23-24,27-28,35-36H,5-12,17-18,20,22H2,1-4H3,(H2,33,39)(H2,34,40). The van der Waals surface area contributed by atoms with E-state index in [9.17, 15) is 19.2 Å². The first-order valence-electron chi connectivity index (χ1n) is 15.5. The number of rotatable bonds is 19. The molecule has 2 aliphatic rings. The summed E-state index contributed by atoms with van der Waals surface area (Å²) in [5.74, 6) is -0.620. The van der Waals surface area contributed by atoms with Crippen LogP contribution in [0.25, 0.3) is 0 Å². The van der Waals surface area contributed by atoms with Gasteiger partial charge in [-0.2, -0.15) is 0 Å². The Kier molecular flexibility index (Phi) is 15.3. The van der Waals surface area contributed by atoms with Gasteiger partial charge in [-0.3, -0.25) is 19.2 Å². The van der Waals surface area contributed by atoms with Crippen molar-refractivity contribution in [1.29, 1.82) is 0 Å². The summed E-state index contributed by atoms with van der Waals surface area (Å²) in [4.78, 5) is 51.8. The SMILES string of the molecule is CC(C)C(NCCCCCCCCCCNC(C(=O)N1C=CC(C(N)=O)=CC1)C(C)C)C(=O)N1C=CC(C(N)=O)=CC1. The van der Waals surface area contributed by atoms with E-state index in [2.05, 4.69) is 10.6 Å². The fourth-order valence-corrected chi connectivity index (χ4v) is 5.08. The number of nitrogens with one attached hydrogen (secondary N) is 2. The maximum absolute atomic E-state index is 13.0. The Hall–Kier alpha value is -3.24. The third-order valence-electron chi connectivity index (χ3n) is 7.72. The fraction of sp³-hybridized carbons (Fsp3) is 0.625. The zero-order chi connectivity index (χ0) is 31.1. The van der Waals surface area contributed by atoms with Crippen molar-refractivity contribution in [2.75, 3.05) is 26.2 Å². The molecule has 2 rings (SSSR count). The van der Waals surface area contributed by atoms with Gasteiger partial charge in [0.1, 0.15) is 0 Å². The smallest absolute Gasteiger partial charge is 0.248 e. The van der Waals surface area contributed by atoms with Crippen molar-refractivity contribution in [1.82, 2.24) is 20.4 Å². The van der Waals surface area contributed by atoms with Crippen molar-refractivity contribution in [2.24, 2.45) is 23.3 Å². The van der Waals surface area contributed by atoms with E-state index in [1.54, 1.807) is 46.5 Å². The lowest BCUT2D eigenvalue weighted by Gasteiger charge is -2.28. The summed E-state index contributed by atoms with van der Waals surface area (Å²) in [6.45, 7) is 10.5. The van der Waals surface area contributed by atoms with Crippen molar-refractivity contribution in [3.05, 3.63) is 47.9 Å². The first-order chi connectivity index (χ1) is 20.0. The highest BCUT2D eigenvalue weighted by Gasteiger charge is 2.27. The summed E-state index contributed by atoms with van der Waals surface area (Å²) in [5.41, 5.74) is 11.5. The summed E-state index contributed by atoms with van der Waals surface area (Å²) in [6, 6.07) is -0.527. The van der Waals surface area contributed by atoms with Gasteiger partial charge in [-0.05, 0) is 49.9 Å². The lowest BCUT2D eigenvalue weighted by atomic mass is 10.0. The Morgan fingerprint density at radius 2 is 0.976 bits per heavy atom. The molecule has 0 bridgehead atoms. The average molecular weight is 585 g/mol. The molecule has 6 N–H and O–H groups in total. The molecule has 0 saturated heterocycles. The monoisotopic (exact) mass is 584 g/mol. The average Bonchev–Trinajstić information content (AvgIpc) is 2.96. The van der Waals surface area contributed by atoms with Crippen molar-refractivity contribution in [2.45, 2.75) is 91.1 Å². The zero-order valence-electron chi connectivity index (χ0n) is 25.9. The van der Waals surface area contributed by atoms with Gasteiger partial charge in [-0.25, -0.2) is 0 Å². The molecule has 2 unspecified atom stereocenters. The number of primary amides is 2. The quantitative estimate of drug-likeness (QED) is 0.171. The third-order valence-corrected chi connectivity index (χ3v) is 7.72. The van der Waals surface area contributed by atoms with Gasteiger partial charge in [-0.1, -0.05) is 78.4 Å². The maximum Gasteiger partial charge on any atom is 0.248 e. The van der Waals surface area contributed by atoms with Gasteiger partial charge in [0.05, 0.1) is 12.1 Å². The van der Waals surface area contributed by atoms with Crippen LogP contribution in [0.5, 0.6) is 0 Å². The summed E-state index contributed by atoms with van der Waals surface area (Å²) in [7, 11) is 0. The van der Waals surface area contributed by atoms with Crippen LogP contribution in [-0.4, -0.2) is 71.7 Å². The number of carbonyl (C=O) groups is 4. The minimum absolute atomic E-state index is 0.0128. The second-order valence-electron chi connectivity index (χ2n) is 11.8. The predicted octanol–water partition coefficient (Wildman–Crippen LogP) is 2.87. The molecule has 234 valence electrons. The van der Waals surface area contributed by atoms with E-state index in [1.165, 1.54) is 25.7 Å². The highest BCUT2D eigenvalue weighted by Crippen LogP contribution is 2.15. The number of unbranched alkanes of at least 4 members (excludes halogenated alkanes) is 7. The van der Waals surface area contributed by atoms with Crippen LogP contribution in [0.15, 0.2) is 47.9 Å². The van der Waals surface area contributed by atoms with Crippen molar-refractivity contribution < 1.29 is 19.2 Å². The zero-order valence-corrected chi connectivity index (χ0v) is 25.9. The number of hydrogen-bond acceptors (Lipinski definition) is 6. The molecule has 10 nitrogen and oxygen atoms in total. The van der Waals surface area contributed by atoms with Crippen LogP contribution in [-0.2, 0) is 19.2 Å². The molecule has 42 heavy (non-hydrogen) atoms. The molecule has 10 heteroatoms. The lowest BCUT2D eigenvalue weighted by Crippen LogP contribution is -2.48. The van der Waals surface area contributed by atoms with Crippen molar-refractivity contribution >= 4 is 23.6 Å². The largest absolute Gasteiger partial charge is 0.366 e. The Bertz CT molecular complexity index is 964. The molecule has 4 amide bonds. The van der Waals surface area contributed by atoms with Gasteiger partial charge in [-0.15, -0.1) is 0 Å². The first-order valence-corrected chi connectivity index (χ1v) is 15.5. The van der Waals surface area contributed by atoms with Crippen LogP contribution in [0.1, 0.15) is 79.1 Å². The number of nitrogens with zero attached hydrogens (tertiary/aromatic N) is 2. The second-order valence-corrected chi connectivity index (χ2v) is 11.8. The van der Waals surface area contributed by atoms with E-state index in [4.69, 9.17) is 11.5 Å². The highest BCUT2D eigenvalue weighted by molar-refractivity contribution is 5.96. The molecule has 0 aliphatic carbocycles. The summed E-state index contributed by atoms with van der Waals surface area (Å²) in [6.07, 6.45) is 18.9. The molecule has 0 aromatic carbocycles. The van der Waals surface area contributed by atoms with E-state index in [1.807, 2.05) is 27.7 Å². The predicted molar refractivity (Wildman–Crippen MR) is 166 cm³/mol. The van der Waals surface area contributed by atoms with Gasteiger partial charge in [0.2, 0.25) is 23.6 Å². The number of hydrogen-bond donors (Lipinski definition) is 4. The normalized spacial score (nSPS) is 16.4. The van der Waals surface area contributed by atoms with E-state index < -0.39 is 11.8 Å². The molecular weight excluding hydrogens is 532 g/mol. The molecule has 0 aromatic rings. The highest BCUT2D eigenvalue weighted by atomic mass is 16.2. The molecule has 2 heterocycles. The molecule has 0 fully saturated rings. The van der Waals surface area contributed by atoms with Gasteiger partial charge < -0.3 is 31.9 Å². The van der Waals surface area contributed by atoms with Crippen LogP contribution < -0.4 is 22.1 Å². The fourth-order valence-electron chi connectivity index (χ4n) is 5.08. The number of nitrogens with two attached hydrogens (primary N) is 2. The minimum atomic E-state index is -0.481. The Morgan fingerprint density at radius 3 is 1.24 bits per heavy atom. The van der Waals surface area contributed by atoms with Gasteiger partial charge >= 0.3 is 0 Å². The Labute approximate surface area is 251 Å². The van der Waals surface area contributed by atoms with E-state index in [0.29, 0.717) is 24.2 Å².